The smallest absolute Gasteiger partial charge is 0.305 e. The Balaban J connectivity index is 2.72. The van der Waals surface area contributed by atoms with Gasteiger partial charge in [-0.3, -0.25) is 9.59 Å². The Hall–Kier alpha value is -2.21. The fourth-order valence-electron chi connectivity index (χ4n) is 2.09. The van der Waals surface area contributed by atoms with Gasteiger partial charge in [0.25, 0.3) is 0 Å². The Bertz CT molecular complexity index is 630. The maximum atomic E-state index is 12.1. The van der Waals surface area contributed by atoms with E-state index in [1.54, 1.807) is 25.3 Å². The van der Waals surface area contributed by atoms with E-state index < -0.39 is 0 Å². The highest BCUT2D eigenvalue weighted by atomic mass is 35.5. The van der Waals surface area contributed by atoms with Crippen molar-refractivity contribution >= 4 is 29.6 Å². The molecule has 0 saturated carbocycles. The summed E-state index contributed by atoms with van der Waals surface area (Å²) >= 11 is 6.20. The Kier molecular flexibility index (Phi) is 8.84. The van der Waals surface area contributed by atoms with Gasteiger partial charge in [-0.15, -0.1) is 0 Å². The van der Waals surface area contributed by atoms with Crippen LogP contribution in [0.15, 0.2) is 18.2 Å². The number of esters is 1. The van der Waals surface area contributed by atoms with Gasteiger partial charge in [0.15, 0.2) is 11.5 Å². The van der Waals surface area contributed by atoms with Crippen LogP contribution in [0.5, 0.6) is 11.5 Å². The SMILES string of the molecule is CCOc1c(Cl)cc(/C=C/C(=O)N(C)CCCC(=O)OC)cc1OC. The molecule has 0 N–H and O–H groups in total. The summed E-state index contributed by atoms with van der Waals surface area (Å²) in [5.74, 6) is 0.532. The van der Waals surface area contributed by atoms with Gasteiger partial charge in [-0.2, -0.15) is 0 Å². The lowest BCUT2D eigenvalue weighted by Gasteiger charge is -2.14. The van der Waals surface area contributed by atoms with E-state index in [0.29, 0.717) is 36.1 Å². The van der Waals surface area contributed by atoms with Crippen molar-refractivity contribution < 1.29 is 23.8 Å². The molecule has 0 spiro atoms. The molecule has 0 aromatic heterocycles. The Morgan fingerprint density at radius 2 is 2.00 bits per heavy atom. The van der Waals surface area contributed by atoms with Gasteiger partial charge in [0, 0.05) is 26.1 Å². The first-order chi connectivity index (χ1) is 11.9. The number of hydrogen-bond donors (Lipinski definition) is 0. The van der Waals surface area contributed by atoms with E-state index in [-0.39, 0.29) is 18.3 Å². The number of likely N-dealkylation sites (N-methyl/N-ethyl adjacent to an activating group) is 1. The van der Waals surface area contributed by atoms with Gasteiger partial charge in [0.1, 0.15) is 0 Å². The van der Waals surface area contributed by atoms with Crippen molar-refractivity contribution in [2.75, 3.05) is 34.4 Å². The Morgan fingerprint density at radius 3 is 2.60 bits per heavy atom. The maximum Gasteiger partial charge on any atom is 0.305 e. The summed E-state index contributed by atoms with van der Waals surface area (Å²) in [5, 5.41) is 0.416. The van der Waals surface area contributed by atoms with Crippen molar-refractivity contribution in [3.05, 3.63) is 28.8 Å². The molecule has 1 aromatic carbocycles. The van der Waals surface area contributed by atoms with Crippen LogP contribution in [0.1, 0.15) is 25.3 Å². The molecular weight excluding hydrogens is 346 g/mol. The summed E-state index contributed by atoms with van der Waals surface area (Å²) in [5.41, 5.74) is 0.724. The van der Waals surface area contributed by atoms with Gasteiger partial charge in [-0.1, -0.05) is 11.6 Å². The molecule has 25 heavy (non-hydrogen) atoms. The first kappa shape index (κ1) is 20.8. The van der Waals surface area contributed by atoms with E-state index in [1.165, 1.54) is 25.2 Å². The average Bonchev–Trinajstić information content (AvgIpc) is 2.61. The molecule has 1 rings (SSSR count). The molecule has 0 atom stereocenters. The number of methoxy groups -OCH3 is 2. The summed E-state index contributed by atoms with van der Waals surface area (Å²) < 4.78 is 15.3. The van der Waals surface area contributed by atoms with Gasteiger partial charge < -0.3 is 19.1 Å². The lowest BCUT2D eigenvalue weighted by atomic mass is 10.2. The highest BCUT2D eigenvalue weighted by Crippen LogP contribution is 2.36. The van der Waals surface area contributed by atoms with Crippen molar-refractivity contribution in [1.29, 1.82) is 0 Å². The van der Waals surface area contributed by atoms with Gasteiger partial charge >= 0.3 is 5.97 Å². The molecule has 1 amide bonds. The molecule has 7 heteroatoms. The molecule has 1 aromatic rings. The number of amides is 1. The van der Waals surface area contributed by atoms with Crippen LogP contribution in [0.2, 0.25) is 5.02 Å². The maximum absolute atomic E-state index is 12.1. The van der Waals surface area contributed by atoms with E-state index >= 15 is 0 Å². The number of carbonyl (C=O) groups is 2. The van der Waals surface area contributed by atoms with E-state index in [2.05, 4.69) is 4.74 Å². The third-order valence-electron chi connectivity index (χ3n) is 3.44. The number of carbonyl (C=O) groups excluding carboxylic acids is 2. The number of rotatable bonds is 9. The molecule has 0 heterocycles. The van der Waals surface area contributed by atoms with Gasteiger partial charge in [0.05, 0.1) is 25.8 Å². The number of halogens is 1. The second-order valence-corrected chi connectivity index (χ2v) is 5.65. The molecule has 0 radical (unpaired) electrons. The molecule has 0 aliphatic heterocycles. The van der Waals surface area contributed by atoms with Crippen LogP contribution in [-0.4, -0.2) is 51.2 Å². The normalized spacial score (nSPS) is 10.6. The number of nitrogens with zero attached hydrogens (tertiary/aromatic N) is 1. The molecule has 0 aliphatic rings. The predicted octanol–water partition coefficient (Wildman–Crippen LogP) is 3.17. The van der Waals surface area contributed by atoms with Gasteiger partial charge in [-0.25, -0.2) is 0 Å². The van der Waals surface area contributed by atoms with Crippen molar-refractivity contribution in [2.24, 2.45) is 0 Å². The number of benzene rings is 1. The zero-order valence-corrected chi connectivity index (χ0v) is 15.8. The minimum absolute atomic E-state index is 0.172. The third-order valence-corrected chi connectivity index (χ3v) is 3.72. The lowest BCUT2D eigenvalue weighted by molar-refractivity contribution is -0.141. The van der Waals surface area contributed by atoms with Crippen LogP contribution in [0, 0.1) is 0 Å². The first-order valence-electron chi connectivity index (χ1n) is 7.93. The predicted molar refractivity (Wildman–Crippen MR) is 97.1 cm³/mol. The molecular formula is C18H24ClNO5. The van der Waals surface area contributed by atoms with Crippen molar-refractivity contribution in [2.45, 2.75) is 19.8 Å². The molecule has 6 nitrogen and oxygen atoms in total. The van der Waals surface area contributed by atoms with Crippen molar-refractivity contribution in [3.8, 4) is 11.5 Å². The van der Waals surface area contributed by atoms with E-state index in [4.69, 9.17) is 21.1 Å². The second kappa shape index (κ2) is 10.6. The standard InChI is InChI=1S/C18H24ClNO5/c1-5-25-18-14(19)11-13(12-15(18)23-3)8-9-16(21)20(2)10-6-7-17(22)24-4/h8-9,11-12H,5-7,10H2,1-4H3/b9-8+. The Labute approximate surface area is 153 Å². The van der Waals surface area contributed by atoms with E-state index in [0.717, 1.165) is 5.56 Å². The monoisotopic (exact) mass is 369 g/mol. The summed E-state index contributed by atoms with van der Waals surface area (Å²) in [6, 6.07) is 3.45. The zero-order chi connectivity index (χ0) is 18.8. The number of hydrogen-bond acceptors (Lipinski definition) is 5. The largest absolute Gasteiger partial charge is 0.493 e. The average molecular weight is 370 g/mol. The lowest BCUT2D eigenvalue weighted by Crippen LogP contribution is -2.26. The van der Waals surface area contributed by atoms with E-state index in [9.17, 15) is 9.59 Å². The minimum Gasteiger partial charge on any atom is -0.493 e. The van der Waals surface area contributed by atoms with Crippen LogP contribution in [-0.2, 0) is 14.3 Å². The molecule has 0 saturated heterocycles. The van der Waals surface area contributed by atoms with Crippen LogP contribution >= 0.6 is 11.6 Å². The highest BCUT2D eigenvalue weighted by Gasteiger charge is 2.11. The minimum atomic E-state index is -0.285. The molecule has 0 aliphatic carbocycles. The second-order valence-electron chi connectivity index (χ2n) is 5.24. The fourth-order valence-corrected chi connectivity index (χ4v) is 2.36. The number of ether oxygens (including phenoxy) is 3. The first-order valence-corrected chi connectivity index (χ1v) is 8.31. The van der Waals surface area contributed by atoms with Crippen molar-refractivity contribution in [3.63, 3.8) is 0 Å². The topological polar surface area (TPSA) is 65.1 Å². The van der Waals surface area contributed by atoms with Crippen LogP contribution in [0.4, 0.5) is 0 Å². The van der Waals surface area contributed by atoms with Gasteiger partial charge in [-0.05, 0) is 37.1 Å². The summed E-state index contributed by atoms with van der Waals surface area (Å²) in [7, 11) is 4.55. The van der Waals surface area contributed by atoms with E-state index in [1.807, 2.05) is 6.92 Å². The van der Waals surface area contributed by atoms with Gasteiger partial charge in [0.2, 0.25) is 5.91 Å². The van der Waals surface area contributed by atoms with Crippen LogP contribution < -0.4 is 9.47 Å². The fraction of sp³-hybridized carbons (Fsp3) is 0.444. The van der Waals surface area contributed by atoms with Crippen molar-refractivity contribution in [1.82, 2.24) is 4.90 Å². The zero-order valence-electron chi connectivity index (χ0n) is 15.0. The summed E-state index contributed by atoms with van der Waals surface area (Å²) in [6.45, 7) is 2.80. The Morgan fingerprint density at radius 1 is 1.28 bits per heavy atom. The highest BCUT2D eigenvalue weighted by molar-refractivity contribution is 6.32. The summed E-state index contributed by atoms with van der Waals surface area (Å²) in [6.07, 6.45) is 3.93. The van der Waals surface area contributed by atoms with Crippen LogP contribution in [0.3, 0.4) is 0 Å². The molecule has 0 unspecified atom stereocenters. The quantitative estimate of drug-likeness (QED) is 0.494. The summed E-state index contributed by atoms with van der Waals surface area (Å²) in [4.78, 5) is 24.7. The molecule has 138 valence electrons. The molecule has 0 bridgehead atoms. The third kappa shape index (κ3) is 6.66. The van der Waals surface area contributed by atoms with Crippen LogP contribution in [0.25, 0.3) is 6.08 Å². The molecule has 0 fully saturated rings.